The van der Waals surface area contributed by atoms with Crippen LogP contribution in [0.15, 0.2) is 27.0 Å². The van der Waals surface area contributed by atoms with Gasteiger partial charge < -0.3 is 25.3 Å². The molecule has 3 N–H and O–H groups in total. The fourth-order valence-electron chi connectivity index (χ4n) is 5.83. The minimum atomic E-state index is -5.00. The van der Waals surface area contributed by atoms with Crippen LogP contribution < -0.4 is 20.5 Å². The molecular weight excluding hydrogens is 698 g/mol. The second kappa shape index (κ2) is 13.8. The van der Waals surface area contributed by atoms with Gasteiger partial charge in [-0.2, -0.15) is 21.6 Å². The third kappa shape index (κ3) is 7.86. The molecule has 2 aromatic rings. The highest BCUT2D eigenvalue weighted by Crippen LogP contribution is 2.45. The fraction of sp³-hybridized carbons (Fsp3) is 0.469. The molecule has 1 amide bonds. The Hall–Kier alpha value is -3.49. The minimum absolute atomic E-state index is 0.0205. The predicted molar refractivity (Wildman–Crippen MR) is 175 cm³/mol. The number of carbonyl (C=O) groups is 2. The van der Waals surface area contributed by atoms with Crippen LogP contribution in [0.5, 0.6) is 11.5 Å². The maximum atomic E-state index is 13.9. The Bertz CT molecular complexity index is 1830. The first kappa shape index (κ1) is 37.3. The van der Waals surface area contributed by atoms with Crippen LogP contribution in [-0.2, 0) is 30.8 Å². The summed E-state index contributed by atoms with van der Waals surface area (Å²) in [6.45, 7) is 9.05. The molecule has 16 heteroatoms. The standard InChI is InChI=1S/C32H36Cl2F3N3O7S/c1-15-16(2)27(17(3)21-14-31(4,5)47-25(15)21)48(43,44)40-24(38)10-8-7-9-23(30(42)45-6)39-29(41)20-12-18-11-19(33)13-22(34)26(18)46-28(20)32(35,36)37/h11-13,23,28H,7-10,14H2,1-6H3,(H2,38,40)(H,39,41)/t23-,28?/m0/s1. The number of hydrogen-bond donors (Lipinski definition) is 2. The number of ether oxygens (including phenoxy) is 3. The van der Waals surface area contributed by atoms with Crippen LogP contribution in [-0.4, -0.2) is 57.2 Å². The van der Waals surface area contributed by atoms with Gasteiger partial charge in [-0.25, -0.2) is 4.79 Å². The topological polar surface area (TPSA) is 146 Å². The van der Waals surface area contributed by atoms with Crippen molar-refractivity contribution >= 4 is 57.0 Å². The molecule has 10 nitrogen and oxygen atoms in total. The maximum absolute atomic E-state index is 13.9. The number of amides is 1. The van der Waals surface area contributed by atoms with Gasteiger partial charge >= 0.3 is 12.1 Å². The molecule has 4 rings (SSSR count). The highest BCUT2D eigenvalue weighted by molar-refractivity contribution is 7.90. The van der Waals surface area contributed by atoms with Crippen LogP contribution in [0.2, 0.25) is 10.0 Å². The summed E-state index contributed by atoms with van der Waals surface area (Å²) in [5.41, 5.74) is 7.36. The van der Waals surface area contributed by atoms with Crippen LogP contribution in [0.4, 0.5) is 13.2 Å². The second-order valence-electron chi connectivity index (χ2n) is 12.3. The Morgan fingerprint density at radius 1 is 1.12 bits per heavy atom. The van der Waals surface area contributed by atoms with Crippen molar-refractivity contribution in [2.75, 3.05) is 7.11 Å². The van der Waals surface area contributed by atoms with Crippen LogP contribution in [0.3, 0.4) is 0 Å². The third-order valence-electron chi connectivity index (χ3n) is 8.18. The minimum Gasteiger partial charge on any atom is -0.487 e. The molecule has 2 atom stereocenters. The van der Waals surface area contributed by atoms with Crippen molar-refractivity contribution in [1.82, 2.24) is 5.32 Å². The molecule has 2 aliphatic rings. The van der Waals surface area contributed by atoms with Crippen molar-refractivity contribution in [3.8, 4) is 11.5 Å². The van der Waals surface area contributed by atoms with Gasteiger partial charge in [0.25, 0.3) is 15.9 Å². The van der Waals surface area contributed by atoms with Crippen molar-refractivity contribution < 1.29 is 45.4 Å². The average Bonchev–Trinajstić information content (AvgIpc) is 3.31. The zero-order valence-corrected chi connectivity index (χ0v) is 29.4. The maximum Gasteiger partial charge on any atom is 0.429 e. The van der Waals surface area contributed by atoms with Gasteiger partial charge in [-0.3, -0.25) is 4.79 Å². The van der Waals surface area contributed by atoms with Crippen LogP contribution in [0.25, 0.3) is 6.08 Å². The largest absolute Gasteiger partial charge is 0.487 e. The molecule has 2 heterocycles. The van der Waals surface area contributed by atoms with Gasteiger partial charge in [0.1, 0.15) is 29.0 Å². The number of nitrogens with one attached hydrogen (secondary N) is 1. The number of esters is 1. The van der Waals surface area contributed by atoms with Crippen LogP contribution in [0, 0.1) is 20.8 Å². The van der Waals surface area contributed by atoms with Crippen molar-refractivity contribution in [1.29, 1.82) is 0 Å². The van der Waals surface area contributed by atoms with Gasteiger partial charge in [0.2, 0.25) is 6.10 Å². The van der Waals surface area contributed by atoms with E-state index < -0.39 is 51.4 Å². The van der Waals surface area contributed by atoms with E-state index in [1.165, 1.54) is 12.1 Å². The van der Waals surface area contributed by atoms with Gasteiger partial charge in [-0.05, 0) is 82.4 Å². The molecule has 0 fully saturated rings. The molecule has 48 heavy (non-hydrogen) atoms. The van der Waals surface area contributed by atoms with Crippen LogP contribution in [0.1, 0.15) is 67.3 Å². The van der Waals surface area contributed by atoms with E-state index in [2.05, 4.69) is 9.71 Å². The number of rotatable bonds is 10. The number of benzene rings is 2. The van der Waals surface area contributed by atoms with Gasteiger partial charge in [0.05, 0.1) is 22.6 Å². The zero-order chi connectivity index (χ0) is 35.9. The van der Waals surface area contributed by atoms with E-state index >= 15 is 0 Å². The summed E-state index contributed by atoms with van der Waals surface area (Å²) in [6, 6.07) is 1.16. The third-order valence-corrected chi connectivity index (χ3v) is 10.3. The molecule has 0 bridgehead atoms. The molecular formula is C32H36Cl2F3N3O7S. The van der Waals surface area contributed by atoms with Gasteiger partial charge in [0.15, 0.2) is 0 Å². The van der Waals surface area contributed by atoms with E-state index in [4.69, 9.17) is 43.1 Å². The SMILES string of the molecule is COC(=O)[C@H](CCCCC(N)=NS(=O)(=O)c1c(C)c(C)c2c(c1C)CC(C)(C)O2)NC(=O)C1=Cc2cc(Cl)cc(Cl)c2OC1C(F)(F)F. The van der Waals surface area contributed by atoms with Gasteiger partial charge in [0, 0.05) is 29.0 Å². The molecule has 262 valence electrons. The monoisotopic (exact) mass is 733 g/mol. The summed E-state index contributed by atoms with van der Waals surface area (Å²) < 4.78 is 88.4. The Kier molecular flexibility index (Phi) is 10.7. The summed E-state index contributed by atoms with van der Waals surface area (Å²) in [6.07, 6.45) is -5.78. The van der Waals surface area contributed by atoms with E-state index in [1.807, 2.05) is 13.8 Å². The summed E-state index contributed by atoms with van der Waals surface area (Å²) >= 11 is 12.0. The average molecular weight is 735 g/mol. The summed E-state index contributed by atoms with van der Waals surface area (Å²) in [7, 11) is -3.13. The molecule has 0 spiro atoms. The normalized spacial score (nSPS) is 17.8. The number of fused-ring (bicyclic) bond motifs is 2. The smallest absolute Gasteiger partial charge is 0.429 e. The molecule has 0 aliphatic carbocycles. The Morgan fingerprint density at radius 3 is 2.42 bits per heavy atom. The summed E-state index contributed by atoms with van der Waals surface area (Å²) in [5, 5.41) is 2.24. The quantitative estimate of drug-likeness (QED) is 0.125. The molecule has 0 aromatic heterocycles. The van der Waals surface area contributed by atoms with Crippen LogP contribution >= 0.6 is 23.2 Å². The fourth-order valence-corrected chi connectivity index (χ4v) is 7.92. The first-order chi connectivity index (χ1) is 22.2. The Balaban J connectivity index is 1.46. The molecule has 2 aromatic carbocycles. The van der Waals surface area contributed by atoms with Crippen molar-refractivity contribution in [2.45, 2.75) is 95.5 Å². The highest BCUT2D eigenvalue weighted by Gasteiger charge is 2.49. The number of nitrogens with two attached hydrogens (primary N) is 1. The van der Waals surface area contributed by atoms with Crippen molar-refractivity contribution in [2.24, 2.45) is 10.1 Å². The summed E-state index contributed by atoms with van der Waals surface area (Å²) in [4.78, 5) is 25.7. The number of halogens is 5. The Labute approximate surface area is 286 Å². The van der Waals surface area contributed by atoms with E-state index in [-0.39, 0.29) is 57.8 Å². The van der Waals surface area contributed by atoms with E-state index in [0.29, 0.717) is 28.9 Å². The lowest BCUT2D eigenvalue weighted by molar-refractivity contribution is -0.185. The van der Waals surface area contributed by atoms with E-state index in [9.17, 15) is 31.2 Å². The van der Waals surface area contributed by atoms with E-state index in [1.54, 1.807) is 20.8 Å². The summed E-state index contributed by atoms with van der Waals surface area (Å²) in [5.74, 6) is -1.90. The van der Waals surface area contributed by atoms with E-state index in [0.717, 1.165) is 18.7 Å². The molecule has 2 aliphatic heterocycles. The lowest BCUT2D eigenvalue weighted by atomic mass is 9.94. The lowest BCUT2D eigenvalue weighted by Crippen LogP contribution is -2.48. The lowest BCUT2D eigenvalue weighted by Gasteiger charge is -2.29. The molecule has 0 radical (unpaired) electrons. The number of unbranched alkanes of at least 4 members (excludes halogenated alkanes) is 1. The zero-order valence-electron chi connectivity index (χ0n) is 27.1. The predicted octanol–water partition coefficient (Wildman–Crippen LogP) is 6.30. The number of nitrogens with zero attached hydrogens (tertiary/aromatic N) is 1. The van der Waals surface area contributed by atoms with Gasteiger partial charge in [-0.1, -0.05) is 29.6 Å². The van der Waals surface area contributed by atoms with Gasteiger partial charge in [-0.15, -0.1) is 4.40 Å². The molecule has 0 saturated carbocycles. The number of carbonyl (C=O) groups excluding carboxylic acids is 2. The first-order valence-corrected chi connectivity index (χ1v) is 17.1. The highest BCUT2D eigenvalue weighted by atomic mass is 35.5. The Morgan fingerprint density at radius 2 is 1.79 bits per heavy atom. The second-order valence-corrected chi connectivity index (χ2v) is 14.7. The number of sulfonamides is 1. The number of amidine groups is 1. The number of alkyl halides is 3. The number of hydrogen-bond acceptors (Lipinski definition) is 7. The molecule has 1 unspecified atom stereocenters. The van der Waals surface area contributed by atoms with Crippen molar-refractivity contribution in [3.05, 3.63) is 55.6 Å². The van der Waals surface area contributed by atoms with Crippen molar-refractivity contribution in [3.63, 3.8) is 0 Å². The first-order valence-electron chi connectivity index (χ1n) is 14.9. The molecule has 0 saturated heterocycles. The number of methoxy groups -OCH3 is 1.